The average Bonchev–Trinajstić information content (AvgIpc) is 2.65. The lowest BCUT2D eigenvalue weighted by atomic mass is 10.0. The van der Waals surface area contributed by atoms with Crippen molar-refractivity contribution >= 4 is 11.6 Å². The second-order valence-corrected chi connectivity index (χ2v) is 4.55. The molecule has 1 saturated heterocycles. The van der Waals surface area contributed by atoms with Gasteiger partial charge >= 0.3 is 0 Å². The Bertz CT molecular complexity index is 329. The fourth-order valence-electron chi connectivity index (χ4n) is 2.15. The predicted octanol–water partition coefficient (Wildman–Crippen LogP) is 2.01. The summed E-state index contributed by atoms with van der Waals surface area (Å²) in [6, 6.07) is 1.92. The highest BCUT2D eigenvalue weighted by Crippen LogP contribution is 2.20. The van der Waals surface area contributed by atoms with Gasteiger partial charge in [-0.1, -0.05) is 18.5 Å². The molecule has 2 rings (SSSR count). The highest BCUT2D eigenvalue weighted by Gasteiger charge is 2.21. The molecule has 0 N–H and O–H groups in total. The molecule has 0 aromatic carbocycles. The van der Waals surface area contributed by atoms with E-state index in [1.165, 1.54) is 19.5 Å². The van der Waals surface area contributed by atoms with Crippen molar-refractivity contribution in [1.29, 1.82) is 0 Å². The van der Waals surface area contributed by atoms with Gasteiger partial charge in [-0.2, -0.15) is 10.2 Å². The van der Waals surface area contributed by atoms with Gasteiger partial charge in [0, 0.05) is 6.54 Å². The molecule has 1 aliphatic rings. The molecule has 82 valence electrons. The maximum atomic E-state index is 5.87. The van der Waals surface area contributed by atoms with Crippen molar-refractivity contribution in [3.63, 3.8) is 0 Å². The third-order valence-electron chi connectivity index (χ3n) is 2.99. The zero-order chi connectivity index (χ0) is 10.7. The SMILES string of the molecule is CCN1CCC(Cc2cc(Cl)cnn2)C1. The average molecular weight is 226 g/mol. The van der Waals surface area contributed by atoms with Gasteiger partial charge in [0.2, 0.25) is 0 Å². The second kappa shape index (κ2) is 4.90. The zero-order valence-corrected chi connectivity index (χ0v) is 9.74. The van der Waals surface area contributed by atoms with E-state index in [-0.39, 0.29) is 0 Å². The Hall–Kier alpha value is -0.670. The van der Waals surface area contributed by atoms with Crippen LogP contribution in [0.2, 0.25) is 5.02 Å². The predicted molar refractivity (Wildman–Crippen MR) is 61.0 cm³/mol. The molecule has 0 spiro atoms. The number of hydrogen-bond donors (Lipinski definition) is 0. The van der Waals surface area contributed by atoms with Crippen LogP contribution < -0.4 is 0 Å². The van der Waals surface area contributed by atoms with Gasteiger partial charge in [-0.05, 0) is 37.9 Å². The van der Waals surface area contributed by atoms with Crippen molar-refractivity contribution in [2.24, 2.45) is 5.92 Å². The molecule has 0 amide bonds. The van der Waals surface area contributed by atoms with Gasteiger partial charge in [0.15, 0.2) is 0 Å². The smallest absolute Gasteiger partial charge is 0.0682 e. The fraction of sp³-hybridized carbons (Fsp3) is 0.636. The molecule has 0 saturated carbocycles. The first-order chi connectivity index (χ1) is 7.28. The van der Waals surface area contributed by atoms with Crippen LogP contribution in [0.25, 0.3) is 0 Å². The summed E-state index contributed by atoms with van der Waals surface area (Å²) in [5, 5.41) is 8.66. The van der Waals surface area contributed by atoms with E-state index in [0.29, 0.717) is 5.02 Å². The Kier molecular flexibility index (Phi) is 3.54. The first-order valence-corrected chi connectivity index (χ1v) is 5.85. The van der Waals surface area contributed by atoms with Crippen LogP contribution in [0, 0.1) is 5.92 Å². The molecule has 1 aromatic rings. The standard InChI is InChI=1S/C11H16ClN3/c1-2-15-4-3-9(8-15)5-11-6-10(12)7-13-14-11/h6-7,9H,2-5,8H2,1H3. The molecular formula is C11H16ClN3. The van der Waals surface area contributed by atoms with Crippen LogP contribution >= 0.6 is 11.6 Å². The fourth-order valence-corrected chi connectivity index (χ4v) is 2.32. The third kappa shape index (κ3) is 2.89. The summed E-state index contributed by atoms with van der Waals surface area (Å²) in [5.41, 5.74) is 1.02. The van der Waals surface area contributed by atoms with E-state index < -0.39 is 0 Å². The maximum absolute atomic E-state index is 5.87. The highest BCUT2D eigenvalue weighted by molar-refractivity contribution is 6.30. The van der Waals surface area contributed by atoms with Gasteiger partial charge in [0.25, 0.3) is 0 Å². The number of aromatic nitrogens is 2. The minimum Gasteiger partial charge on any atom is -0.303 e. The van der Waals surface area contributed by atoms with E-state index in [1.807, 2.05) is 6.07 Å². The van der Waals surface area contributed by atoms with Crippen molar-refractivity contribution in [1.82, 2.24) is 15.1 Å². The van der Waals surface area contributed by atoms with E-state index in [4.69, 9.17) is 11.6 Å². The summed E-state index contributed by atoms with van der Waals surface area (Å²) >= 11 is 5.87. The minimum absolute atomic E-state index is 0.686. The normalized spacial score (nSPS) is 22.1. The number of rotatable bonds is 3. The van der Waals surface area contributed by atoms with Crippen LogP contribution in [0.4, 0.5) is 0 Å². The quantitative estimate of drug-likeness (QED) is 0.788. The summed E-state index contributed by atoms with van der Waals surface area (Å²) in [6.07, 6.45) is 3.85. The largest absolute Gasteiger partial charge is 0.303 e. The van der Waals surface area contributed by atoms with Crippen molar-refractivity contribution in [3.8, 4) is 0 Å². The van der Waals surface area contributed by atoms with Crippen LogP contribution in [0.15, 0.2) is 12.3 Å². The van der Waals surface area contributed by atoms with E-state index in [1.54, 1.807) is 6.20 Å². The molecule has 0 bridgehead atoms. The summed E-state index contributed by atoms with van der Waals surface area (Å²) in [7, 11) is 0. The molecular weight excluding hydrogens is 210 g/mol. The number of hydrogen-bond acceptors (Lipinski definition) is 3. The third-order valence-corrected chi connectivity index (χ3v) is 3.19. The van der Waals surface area contributed by atoms with Crippen LogP contribution in [0.1, 0.15) is 19.0 Å². The maximum Gasteiger partial charge on any atom is 0.0682 e. The Morgan fingerprint density at radius 3 is 3.13 bits per heavy atom. The van der Waals surface area contributed by atoms with E-state index in [9.17, 15) is 0 Å². The molecule has 1 aliphatic heterocycles. The Morgan fingerprint density at radius 2 is 2.47 bits per heavy atom. The molecule has 0 aliphatic carbocycles. The van der Waals surface area contributed by atoms with Crippen molar-refractivity contribution in [2.75, 3.05) is 19.6 Å². The Morgan fingerprint density at radius 1 is 1.60 bits per heavy atom. The summed E-state index contributed by atoms with van der Waals surface area (Å²) in [5.74, 6) is 0.720. The van der Waals surface area contributed by atoms with Crippen LogP contribution in [0.5, 0.6) is 0 Å². The topological polar surface area (TPSA) is 29.0 Å². The summed E-state index contributed by atoms with van der Waals surface area (Å²) < 4.78 is 0. The lowest BCUT2D eigenvalue weighted by Gasteiger charge is -2.12. The van der Waals surface area contributed by atoms with Crippen molar-refractivity contribution < 1.29 is 0 Å². The number of nitrogens with zero attached hydrogens (tertiary/aromatic N) is 3. The van der Waals surface area contributed by atoms with Gasteiger partial charge in [-0.25, -0.2) is 0 Å². The van der Waals surface area contributed by atoms with Crippen molar-refractivity contribution in [2.45, 2.75) is 19.8 Å². The van der Waals surface area contributed by atoms with Crippen LogP contribution in [0.3, 0.4) is 0 Å². The first-order valence-electron chi connectivity index (χ1n) is 5.47. The van der Waals surface area contributed by atoms with Crippen molar-refractivity contribution in [3.05, 3.63) is 23.0 Å². The molecule has 2 heterocycles. The molecule has 0 radical (unpaired) electrons. The number of halogens is 1. The summed E-state index contributed by atoms with van der Waals surface area (Å²) in [4.78, 5) is 2.47. The van der Waals surface area contributed by atoms with Crippen LogP contribution in [-0.4, -0.2) is 34.7 Å². The van der Waals surface area contributed by atoms with Gasteiger partial charge in [0.1, 0.15) is 0 Å². The monoisotopic (exact) mass is 225 g/mol. The van der Waals surface area contributed by atoms with Crippen LogP contribution in [-0.2, 0) is 6.42 Å². The van der Waals surface area contributed by atoms with Gasteiger partial charge in [-0.3, -0.25) is 0 Å². The van der Waals surface area contributed by atoms with Gasteiger partial charge in [0.05, 0.1) is 16.9 Å². The molecule has 15 heavy (non-hydrogen) atoms. The minimum atomic E-state index is 0.686. The first kappa shape index (κ1) is 10.8. The lowest BCUT2D eigenvalue weighted by Crippen LogP contribution is -2.20. The zero-order valence-electron chi connectivity index (χ0n) is 8.99. The van der Waals surface area contributed by atoms with Gasteiger partial charge in [-0.15, -0.1) is 0 Å². The molecule has 1 fully saturated rings. The molecule has 1 unspecified atom stereocenters. The Labute approximate surface area is 95.5 Å². The van der Waals surface area contributed by atoms with E-state index >= 15 is 0 Å². The molecule has 1 aromatic heterocycles. The molecule has 1 atom stereocenters. The van der Waals surface area contributed by atoms with E-state index in [2.05, 4.69) is 22.0 Å². The number of likely N-dealkylation sites (tertiary alicyclic amines) is 1. The lowest BCUT2D eigenvalue weighted by molar-refractivity contribution is 0.341. The summed E-state index contributed by atoms with van der Waals surface area (Å²) in [6.45, 7) is 5.76. The molecule has 4 heteroatoms. The van der Waals surface area contributed by atoms with Gasteiger partial charge < -0.3 is 4.90 Å². The molecule has 3 nitrogen and oxygen atoms in total. The highest BCUT2D eigenvalue weighted by atomic mass is 35.5. The second-order valence-electron chi connectivity index (χ2n) is 4.12. The van der Waals surface area contributed by atoms with E-state index in [0.717, 1.165) is 24.6 Å². The Balaban J connectivity index is 1.92.